The Bertz CT molecular complexity index is 650. The molecule has 6 heteroatoms. The number of likely N-dealkylation sites (N-methyl/N-ethyl adjacent to an activating group) is 1. The molecule has 1 amide bonds. The average molecular weight is 388 g/mol. The number of aliphatic imine (C=N–C) groups is 1. The Kier molecular flexibility index (Phi) is 8.77. The summed E-state index contributed by atoms with van der Waals surface area (Å²) >= 11 is 0. The second-order valence-electron chi connectivity index (χ2n) is 8.10. The first-order valence-electron chi connectivity index (χ1n) is 10.4. The standard InChI is InChI=1S/C22H37N5O/c1-5-22(11-6-7-12-22)17-26-21(23-2)25-16-18-9-8-10-19(15-18)20(28)24-13-14-27(3)4/h8-10,15H,5-7,11-14,16-17H2,1-4H3,(H,24,28)(H2,23,25,26). The van der Waals surface area contributed by atoms with Crippen LogP contribution in [-0.2, 0) is 6.54 Å². The quantitative estimate of drug-likeness (QED) is 0.450. The molecule has 0 spiro atoms. The number of guanidine groups is 1. The topological polar surface area (TPSA) is 68.8 Å². The highest BCUT2D eigenvalue weighted by Gasteiger charge is 2.31. The fraction of sp³-hybridized carbons (Fsp3) is 0.636. The van der Waals surface area contributed by atoms with Crippen molar-refractivity contribution in [2.45, 2.75) is 45.6 Å². The van der Waals surface area contributed by atoms with Gasteiger partial charge < -0.3 is 20.9 Å². The maximum absolute atomic E-state index is 12.3. The summed E-state index contributed by atoms with van der Waals surface area (Å²) in [5.74, 6) is 0.790. The van der Waals surface area contributed by atoms with E-state index in [4.69, 9.17) is 0 Å². The molecule has 0 saturated heterocycles. The van der Waals surface area contributed by atoms with Crippen LogP contribution in [-0.4, -0.2) is 57.5 Å². The summed E-state index contributed by atoms with van der Waals surface area (Å²) < 4.78 is 0. The zero-order valence-corrected chi connectivity index (χ0v) is 18.0. The summed E-state index contributed by atoms with van der Waals surface area (Å²) in [5, 5.41) is 9.84. The van der Waals surface area contributed by atoms with Crippen molar-refractivity contribution in [1.29, 1.82) is 0 Å². The van der Waals surface area contributed by atoms with Crippen LogP contribution in [0.15, 0.2) is 29.3 Å². The molecule has 3 N–H and O–H groups in total. The van der Waals surface area contributed by atoms with Crippen LogP contribution >= 0.6 is 0 Å². The third-order valence-electron chi connectivity index (χ3n) is 5.76. The van der Waals surface area contributed by atoms with Gasteiger partial charge in [-0.3, -0.25) is 9.79 Å². The molecule has 0 unspecified atom stereocenters. The first-order chi connectivity index (χ1) is 13.5. The molecular formula is C22H37N5O. The van der Waals surface area contributed by atoms with Crippen molar-refractivity contribution in [3.05, 3.63) is 35.4 Å². The van der Waals surface area contributed by atoms with Crippen LogP contribution in [0.3, 0.4) is 0 Å². The third kappa shape index (κ3) is 6.82. The van der Waals surface area contributed by atoms with Gasteiger partial charge in [-0.05, 0) is 56.5 Å². The fourth-order valence-electron chi connectivity index (χ4n) is 3.78. The molecule has 1 aromatic rings. The van der Waals surface area contributed by atoms with Gasteiger partial charge in [-0.15, -0.1) is 0 Å². The van der Waals surface area contributed by atoms with Crippen LogP contribution in [0.4, 0.5) is 0 Å². The van der Waals surface area contributed by atoms with Gasteiger partial charge in [-0.2, -0.15) is 0 Å². The smallest absolute Gasteiger partial charge is 0.251 e. The van der Waals surface area contributed by atoms with E-state index < -0.39 is 0 Å². The van der Waals surface area contributed by atoms with E-state index in [0.717, 1.165) is 24.6 Å². The lowest BCUT2D eigenvalue weighted by Crippen LogP contribution is -2.42. The summed E-state index contributed by atoms with van der Waals surface area (Å²) in [4.78, 5) is 18.7. The molecule has 1 aromatic carbocycles. The van der Waals surface area contributed by atoms with E-state index >= 15 is 0 Å². The fourth-order valence-corrected chi connectivity index (χ4v) is 3.78. The van der Waals surface area contributed by atoms with Crippen molar-refractivity contribution in [3.8, 4) is 0 Å². The van der Waals surface area contributed by atoms with Crippen molar-refractivity contribution in [2.75, 3.05) is 40.8 Å². The summed E-state index contributed by atoms with van der Waals surface area (Å²) in [6, 6.07) is 7.75. The van der Waals surface area contributed by atoms with Crippen LogP contribution in [0.25, 0.3) is 0 Å². The molecule has 28 heavy (non-hydrogen) atoms. The summed E-state index contributed by atoms with van der Waals surface area (Å²) in [5.41, 5.74) is 2.17. The molecule has 0 heterocycles. The molecule has 1 fully saturated rings. The van der Waals surface area contributed by atoms with Gasteiger partial charge >= 0.3 is 0 Å². The van der Waals surface area contributed by atoms with Crippen LogP contribution in [0.5, 0.6) is 0 Å². The molecule has 0 atom stereocenters. The van der Waals surface area contributed by atoms with Gasteiger partial charge in [0.25, 0.3) is 5.91 Å². The second kappa shape index (κ2) is 11.1. The highest BCUT2D eigenvalue weighted by molar-refractivity contribution is 5.94. The Morgan fingerprint density at radius 1 is 1.18 bits per heavy atom. The molecule has 0 aromatic heterocycles. The van der Waals surface area contributed by atoms with Crippen molar-refractivity contribution < 1.29 is 4.79 Å². The number of benzene rings is 1. The summed E-state index contributed by atoms with van der Waals surface area (Å²) in [6.45, 7) is 5.37. The monoisotopic (exact) mass is 387 g/mol. The largest absolute Gasteiger partial charge is 0.356 e. The Labute approximate surface area is 170 Å². The number of nitrogens with zero attached hydrogens (tertiary/aromatic N) is 2. The lowest BCUT2D eigenvalue weighted by atomic mass is 9.83. The van der Waals surface area contributed by atoms with E-state index in [2.05, 4.69) is 27.9 Å². The molecule has 0 bridgehead atoms. The van der Waals surface area contributed by atoms with Gasteiger partial charge in [0.05, 0.1) is 0 Å². The minimum absolute atomic E-state index is 0.0303. The molecule has 156 valence electrons. The van der Waals surface area contributed by atoms with E-state index in [1.807, 2.05) is 43.3 Å². The maximum Gasteiger partial charge on any atom is 0.251 e. The molecular weight excluding hydrogens is 350 g/mol. The minimum Gasteiger partial charge on any atom is -0.356 e. The molecule has 1 saturated carbocycles. The molecule has 0 aliphatic heterocycles. The van der Waals surface area contributed by atoms with E-state index in [1.54, 1.807) is 7.05 Å². The predicted octanol–water partition coefficient (Wildman–Crippen LogP) is 2.61. The number of hydrogen-bond donors (Lipinski definition) is 3. The Morgan fingerprint density at radius 3 is 2.57 bits per heavy atom. The number of nitrogens with one attached hydrogen (secondary N) is 3. The highest BCUT2D eigenvalue weighted by atomic mass is 16.1. The third-order valence-corrected chi connectivity index (χ3v) is 5.76. The van der Waals surface area contributed by atoms with Gasteiger partial charge in [0, 0.05) is 38.8 Å². The number of amides is 1. The highest BCUT2D eigenvalue weighted by Crippen LogP contribution is 2.40. The van der Waals surface area contributed by atoms with Gasteiger partial charge in [-0.25, -0.2) is 0 Å². The zero-order valence-electron chi connectivity index (χ0n) is 18.0. The Morgan fingerprint density at radius 2 is 1.93 bits per heavy atom. The van der Waals surface area contributed by atoms with Gasteiger partial charge in [-0.1, -0.05) is 31.9 Å². The molecule has 1 aliphatic carbocycles. The van der Waals surface area contributed by atoms with Crippen molar-refractivity contribution in [3.63, 3.8) is 0 Å². The number of rotatable bonds is 9. The van der Waals surface area contributed by atoms with Crippen LogP contribution in [0, 0.1) is 5.41 Å². The van der Waals surface area contributed by atoms with E-state index in [0.29, 0.717) is 24.1 Å². The molecule has 1 aliphatic rings. The average Bonchev–Trinajstić information content (AvgIpc) is 3.17. The lowest BCUT2D eigenvalue weighted by molar-refractivity contribution is 0.0951. The Hall–Kier alpha value is -2.08. The number of hydrogen-bond acceptors (Lipinski definition) is 3. The predicted molar refractivity (Wildman–Crippen MR) is 117 cm³/mol. The van der Waals surface area contributed by atoms with Crippen LogP contribution < -0.4 is 16.0 Å². The summed E-state index contributed by atoms with van der Waals surface area (Å²) in [7, 11) is 5.79. The van der Waals surface area contributed by atoms with Gasteiger partial charge in [0.1, 0.15) is 0 Å². The van der Waals surface area contributed by atoms with E-state index in [9.17, 15) is 4.79 Å². The Balaban J connectivity index is 1.84. The second-order valence-corrected chi connectivity index (χ2v) is 8.10. The SMILES string of the molecule is CCC1(CNC(=NC)NCc2cccc(C(=O)NCCN(C)C)c2)CCCC1. The van der Waals surface area contributed by atoms with E-state index in [-0.39, 0.29) is 5.91 Å². The van der Waals surface area contributed by atoms with Crippen LogP contribution in [0.1, 0.15) is 54.9 Å². The molecule has 0 radical (unpaired) electrons. The van der Waals surface area contributed by atoms with Gasteiger partial charge in [0.2, 0.25) is 0 Å². The first-order valence-corrected chi connectivity index (χ1v) is 10.4. The zero-order chi connectivity index (χ0) is 20.4. The van der Waals surface area contributed by atoms with E-state index in [1.165, 1.54) is 32.1 Å². The van der Waals surface area contributed by atoms with Gasteiger partial charge in [0.15, 0.2) is 5.96 Å². The number of carbonyl (C=O) groups excluding carboxylic acids is 1. The van der Waals surface area contributed by atoms with Crippen molar-refractivity contribution in [1.82, 2.24) is 20.9 Å². The van der Waals surface area contributed by atoms with Crippen LogP contribution in [0.2, 0.25) is 0 Å². The maximum atomic E-state index is 12.3. The minimum atomic E-state index is -0.0303. The van der Waals surface area contributed by atoms with Crippen molar-refractivity contribution in [2.24, 2.45) is 10.4 Å². The molecule has 2 rings (SSSR count). The first kappa shape index (κ1) is 22.2. The normalized spacial score (nSPS) is 16.2. The lowest BCUT2D eigenvalue weighted by Gasteiger charge is -2.28. The number of carbonyl (C=O) groups is 1. The molecule has 6 nitrogen and oxygen atoms in total. The van der Waals surface area contributed by atoms with Crippen molar-refractivity contribution >= 4 is 11.9 Å². The summed E-state index contributed by atoms with van der Waals surface area (Å²) in [6.07, 6.45) is 6.49.